The Labute approximate surface area is 89.1 Å². The van der Waals surface area contributed by atoms with E-state index in [9.17, 15) is 0 Å². The highest BCUT2D eigenvalue weighted by Gasteiger charge is 2.20. The molecule has 0 aromatic carbocycles. The van der Waals surface area contributed by atoms with Crippen molar-refractivity contribution in [1.82, 2.24) is 10.2 Å². The summed E-state index contributed by atoms with van der Waals surface area (Å²) in [5, 5.41) is 3.31. The zero-order chi connectivity index (χ0) is 10.4. The number of piperidine rings is 1. The van der Waals surface area contributed by atoms with Crippen LogP contribution in [-0.4, -0.2) is 37.1 Å². The quantitative estimate of drug-likeness (QED) is 0.729. The summed E-state index contributed by atoms with van der Waals surface area (Å²) in [6.07, 6.45) is 6.88. The van der Waals surface area contributed by atoms with Crippen LogP contribution in [0.4, 0.5) is 0 Å². The van der Waals surface area contributed by atoms with Crippen LogP contribution in [0.5, 0.6) is 0 Å². The lowest BCUT2D eigenvalue weighted by Gasteiger charge is -2.35. The highest BCUT2D eigenvalue weighted by Crippen LogP contribution is 2.19. The Bertz CT molecular complexity index is 147. The molecule has 1 aliphatic heterocycles. The van der Waals surface area contributed by atoms with Crippen LogP contribution in [-0.2, 0) is 0 Å². The van der Waals surface area contributed by atoms with Crippen LogP contribution in [0.3, 0.4) is 0 Å². The lowest BCUT2D eigenvalue weighted by Crippen LogP contribution is -2.41. The van der Waals surface area contributed by atoms with Crippen LogP contribution in [0.1, 0.15) is 46.0 Å². The third kappa shape index (κ3) is 3.58. The van der Waals surface area contributed by atoms with Crippen LogP contribution in [0.2, 0.25) is 0 Å². The van der Waals surface area contributed by atoms with Gasteiger partial charge in [0.2, 0.25) is 0 Å². The number of hydrogen-bond acceptors (Lipinski definition) is 2. The molecule has 0 aromatic rings. The zero-order valence-corrected chi connectivity index (χ0v) is 10.1. The topological polar surface area (TPSA) is 15.3 Å². The van der Waals surface area contributed by atoms with E-state index in [1.165, 1.54) is 45.2 Å². The first-order chi connectivity index (χ1) is 6.77. The minimum Gasteiger partial charge on any atom is -0.317 e. The molecule has 2 atom stereocenters. The molecule has 2 unspecified atom stereocenters. The summed E-state index contributed by atoms with van der Waals surface area (Å²) in [6, 6.07) is 1.53. The number of nitrogens with one attached hydrogen (secondary N) is 1. The fourth-order valence-corrected chi connectivity index (χ4v) is 2.32. The number of likely N-dealkylation sites (tertiary alicyclic amines) is 1. The summed E-state index contributed by atoms with van der Waals surface area (Å²) in [5.41, 5.74) is 0. The average Bonchev–Trinajstić information content (AvgIpc) is 2.26. The second-order valence-electron chi connectivity index (χ2n) is 4.57. The second-order valence-corrected chi connectivity index (χ2v) is 4.57. The lowest BCUT2D eigenvalue weighted by atomic mass is 9.99. The van der Waals surface area contributed by atoms with Crippen LogP contribution >= 0.6 is 0 Å². The highest BCUT2D eigenvalue weighted by molar-refractivity contribution is 4.76. The third-order valence-corrected chi connectivity index (χ3v) is 3.56. The molecular weight excluding hydrogens is 172 g/mol. The molecule has 1 N–H and O–H groups in total. The molecular formula is C12H26N2. The van der Waals surface area contributed by atoms with Gasteiger partial charge in [0, 0.05) is 12.1 Å². The largest absolute Gasteiger partial charge is 0.317 e. The van der Waals surface area contributed by atoms with E-state index in [2.05, 4.69) is 31.1 Å². The predicted octanol–water partition coefficient (Wildman–Crippen LogP) is 2.25. The van der Waals surface area contributed by atoms with E-state index in [0.29, 0.717) is 6.04 Å². The van der Waals surface area contributed by atoms with Crippen LogP contribution in [0.25, 0.3) is 0 Å². The molecule has 1 heterocycles. The Morgan fingerprint density at radius 2 is 2.21 bits per heavy atom. The molecule has 2 heteroatoms. The fraction of sp³-hybridized carbons (Fsp3) is 1.00. The first-order valence-corrected chi connectivity index (χ1v) is 6.19. The first-order valence-electron chi connectivity index (χ1n) is 6.19. The average molecular weight is 198 g/mol. The van der Waals surface area contributed by atoms with Crippen LogP contribution in [0, 0.1) is 0 Å². The van der Waals surface area contributed by atoms with E-state index >= 15 is 0 Å². The molecule has 2 nitrogen and oxygen atoms in total. The third-order valence-electron chi connectivity index (χ3n) is 3.56. The van der Waals surface area contributed by atoms with Crippen molar-refractivity contribution in [3.05, 3.63) is 0 Å². The van der Waals surface area contributed by atoms with Gasteiger partial charge in [0.1, 0.15) is 0 Å². The molecule has 0 saturated carbocycles. The Hall–Kier alpha value is -0.0800. The van der Waals surface area contributed by atoms with Crippen molar-refractivity contribution in [2.75, 3.05) is 20.1 Å². The number of hydrogen-bond donors (Lipinski definition) is 1. The van der Waals surface area contributed by atoms with Gasteiger partial charge in [-0.3, -0.25) is 0 Å². The Morgan fingerprint density at radius 1 is 1.43 bits per heavy atom. The second kappa shape index (κ2) is 6.41. The van der Waals surface area contributed by atoms with E-state index in [1.54, 1.807) is 0 Å². The van der Waals surface area contributed by atoms with Crippen molar-refractivity contribution in [3.63, 3.8) is 0 Å². The minimum absolute atomic E-state index is 0.662. The van der Waals surface area contributed by atoms with Crippen molar-refractivity contribution in [3.8, 4) is 0 Å². The summed E-state index contributed by atoms with van der Waals surface area (Å²) >= 11 is 0. The number of nitrogens with zero attached hydrogens (tertiary/aromatic N) is 1. The Kier molecular flexibility index (Phi) is 5.49. The van der Waals surface area contributed by atoms with Crippen molar-refractivity contribution in [2.45, 2.75) is 58.0 Å². The van der Waals surface area contributed by atoms with Gasteiger partial charge < -0.3 is 10.2 Å². The summed E-state index contributed by atoms with van der Waals surface area (Å²) in [7, 11) is 2.05. The highest BCUT2D eigenvalue weighted by atomic mass is 15.2. The molecule has 0 spiro atoms. The molecule has 0 aromatic heterocycles. The molecule has 84 valence electrons. The molecule has 1 rings (SSSR count). The van der Waals surface area contributed by atoms with E-state index in [-0.39, 0.29) is 0 Å². The summed E-state index contributed by atoms with van der Waals surface area (Å²) in [5.74, 6) is 0. The Balaban J connectivity index is 2.26. The van der Waals surface area contributed by atoms with Crippen molar-refractivity contribution in [2.24, 2.45) is 0 Å². The molecule has 0 bridgehead atoms. The van der Waals surface area contributed by atoms with Gasteiger partial charge in [-0.25, -0.2) is 0 Å². The van der Waals surface area contributed by atoms with Crippen molar-refractivity contribution >= 4 is 0 Å². The van der Waals surface area contributed by atoms with Gasteiger partial charge in [0.05, 0.1) is 0 Å². The standard InChI is InChI=1S/C12H26N2/c1-4-12-7-5-6-9-14(12)10-8-11(2)13-3/h11-13H,4-10H2,1-3H3. The molecule has 1 fully saturated rings. The van der Waals surface area contributed by atoms with E-state index in [1.807, 2.05) is 0 Å². The molecule has 1 saturated heterocycles. The van der Waals surface area contributed by atoms with E-state index in [4.69, 9.17) is 0 Å². The maximum absolute atomic E-state index is 3.31. The normalized spacial score (nSPS) is 26.4. The van der Waals surface area contributed by atoms with Crippen molar-refractivity contribution < 1.29 is 0 Å². The lowest BCUT2D eigenvalue weighted by molar-refractivity contribution is 0.139. The predicted molar refractivity (Wildman–Crippen MR) is 62.6 cm³/mol. The molecule has 14 heavy (non-hydrogen) atoms. The van der Waals surface area contributed by atoms with Crippen LogP contribution < -0.4 is 5.32 Å². The maximum atomic E-state index is 3.31. The molecule has 0 radical (unpaired) electrons. The van der Waals surface area contributed by atoms with Gasteiger partial charge in [-0.1, -0.05) is 13.3 Å². The fourth-order valence-electron chi connectivity index (χ4n) is 2.32. The SMILES string of the molecule is CCC1CCCCN1CCC(C)NC. The summed E-state index contributed by atoms with van der Waals surface area (Å²) < 4.78 is 0. The molecule has 1 aliphatic rings. The van der Waals surface area contributed by atoms with E-state index < -0.39 is 0 Å². The van der Waals surface area contributed by atoms with Gasteiger partial charge in [0.15, 0.2) is 0 Å². The first kappa shape index (κ1) is 12.0. The smallest absolute Gasteiger partial charge is 0.00926 e. The van der Waals surface area contributed by atoms with Gasteiger partial charge in [-0.05, 0) is 52.7 Å². The summed E-state index contributed by atoms with van der Waals surface area (Å²) in [4.78, 5) is 2.69. The Morgan fingerprint density at radius 3 is 2.86 bits per heavy atom. The minimum atomic E-state index is 0.662. The summed E-state index contributed by atoms with van der Waals surface area (Å²) in [6.45, 7) is 7.20. The molecule has 0 amide bonds. The monoisotopic (exact) mass is 198 g/mol. The molecule has 0 aliphatic carbocycles. The number of rotatable bonds is 5. The zero-order valence-electron chi connectivity index (χ0n) is 10.1. The maximum Gasteiger partial charge on any atom is 0.00926 e. The van der Waals surface area contributed by atoms with Gasteiger partial charge in [0.25, 0.3) is 0 Å². The van der Waals surface area contributed by atoms with Gasteiger partial charge in [-0.15, -0.1) is 0 Å². The van der Waals surface area contributed by atoms with Gasteiger partial charge >= 0.3 is 0 Å². The van der Waals surface area contributed by atoms with E-state index in [0.717, 1.165) is 6.04 Å². The van der Waals surface area contributed by atoms with Gasteiger partial charge in [-0.2, -0.15) is 0 Å². The van der Waals surface area contributed by atoms with Crippen molar-refractivity contribution in [1.29, 1.82) is 0 Å². The van der Waals surface area contributed by atoms with Crippen LogP contribution in [0.15, 0.2) is 0 Å².